The van der Waals surface area contributed by atoms with Gasteiger partial charge in [0.05, 0.1) is 17.0 Å². The molecular formula is C12H8Cl2O2S. The molecule has 2 rings (SSSR count). The molecule has 0 unspecified atom stereocenters. The third-order valence-corrected chi connectivity index (χ3v) is 3.74. The van der Waals surface area contributed by atoms with Gasteiger partial charge in [-0.05, 0) is 30.3 Å². The van der Waals surface area contributed by atoms with Gasteiger partial charge in [-0.1, -0.05) is 23.2 Å². The molecular weight excluding hydrogens is 279 g/mol. The van der Waals surface area contributed by atoms with E-state index in [1.54, 1.807) is 37.4 Å². The summed E-state index contributed by atoms with van der Waals surface area (Å²) in [4.78, 5) is 12.1. The third-order valence-electron chi connectivity index (χ3n) is 2.25. The normalized spacial score (nSPS) is 10.3. The second kappa shape index (κ2) is 5.08. The zero-order chi connectivity index (χ0) is 12.4. The summed E-state index contributed by atoms with van der Waals surface area (Å²) in [6.07, 6.45) is 0. The number of halogens is 2. The summed E-state index contributed by atoms with van der Waals surface area (Å²) in [6.45, 7) is 0. The number of hydrogen-bond donors (Lipinski definition) is 0. The standard InChI is InChI=1S/C12H8Cl2O2S/c1-16-8-4-2-7(3-5-8)11(15)9-6-10(13)17-12(9)14/h2-6H,1H3. The minimum Gasteiger partial charge on any atom is -0.497 e. The van der Waals surface area contributed by atoms with Gasteiger partial charge in [0.15, 0.2) is 5.78 Å². The largest absolute Gasteiger partial charge is 0.497 e. The van der Waals surface area contributed by atoms with Crippen molar-refractivity contribution in [2.24, 2.45) is 0 Å². The molecule has 2 aromatic rings. The first-order valence-corrected chi connectivity index (χ1v) is 6.32. The lowest BCUT2D eigenvalue weighted by molar-refractivity contribution is 0.103. The molecule has 0 aliphatic carbocycles. The Kier molecular flexibility index (Phi) is 3.72. The molecule has 0 aliphatic rings. The number of ketones is 1. The van der Waals surface area contributed by atoms with Gasteiger partial charge >= 0.3 is 0 Å². The second-order valence-corrected chi connectivity index (χ2v) is 5.58. The Bertz CT molecular complexity index is 546. The molecule has 0 atom stereocenters. The Hall–Kier alpha value is -1.03. The highest BCUT2D eigenvalue weighted by atomic mass is 35.5. The minimum atomic E-state index is -0.138. The van der Waals surface area contributed by atoms with E-state index < -0.39 is 0 Å². The number of methoxy groups -OCH3 is 1. The predicted molar refractivity (Wildman–Crippen MR) is 70.8 cm³/mol. The number of thiophene rings is 1. The molecule has 0 radical (unpaired) electrons. The zero-order valence-corrected chi connectivity index (χ0v) is 11.2. The molecule has 88 valence electrons. The van der Waals surface area contributed by atoms with Crippen molar-refractivity contribution in [3.8, 4) is 5.75 Å². The molecule has 0 N–H and O–H groups in total. The van der Waals surface area contributed by atoms with Crippen LogP contribution in [0.1, 0.15) is 15.9 Å². The minimum absolute atomic E-state index is 0.138. The van der Waals surface area contributed by atoms with Gasteiger partial charge < -0.3 is 4.74 Å². The lowest BCUT2D eigenvalue weighted by atomic mass is 10.1. The number of carbonyl (C=O) groups is 1. The topological polar surface area (TPSA) is 26.3 Å². The van der Waals surface area contributed by atoms with E-state index in [0.29, 0.717) is 25.5 Å². The Morgan fingerprint density at radius 2 is 1.88 bits per heavy atom. The molecule has 1 aromatic carbocycles. The van der Waals surface area contributed by atoms with E-state index in [1.165, 1.54) is 11.3 Å². The summed E-state index contributed by atoms with van der Waals surface area (Å²) < 4.78 is 5.95. The van der Waals surface area contributed by atoms with Gasteiger partial charge in [0.1, 0.15) is 10.1 Å². The molecule has 17 heavy (non-hydrogen) atoms. The number of carbonyl (C=O) groups excluding carboxylic acids is 1. The summed E-state index contributed by atoms with van der Waals surface area (Å²) in [5.74, 6) is 0.566. The van der Waals surface area contributed by atoms with E-state index in [4.69, 9.17) is 27.9 Å². The highest BCUT2D eigenvalue weighted by Gasteiger charge is 2.15. The van der Waals surface area contributed by atoms with Crippen LogP contribution in [0.3, 0.4) is 0 Å². The van der Waals surface area contributed by atoms with E-state index in [9.17, 15) is 4.79 Å². The molecule has 1 heterocycles. The van der Waals surface area contributed by atoms with Gasteiger partial charge in [0.2, 0.25) is 0 Å². The monoisotopic (exact) mass is 286 g/mol. The zero-order valence-electron chi connectivity index (χ0n) is 8.87. The molecule has 0 aliphatic heterocycles. The fraction of sp³-hybridized carbons (Fsp3) is 0.0833. The van der Waals surface area contributed by atoms with Crippen LogP contribution in [-0.4, -0.2) is 12.9 Å². The van der Waals surface area contributed by atoms with Gasteiger partial charge in [0, 0.05) is 5.56 Å². The van der Waals surface area contributed by atoms with E-state index in [0.717, 1.165) is 0 Å². The average Bonchev–Trinajstić information content (AvgIpc) is 2.68. The summed E-state index contributed by atoms with van der Waals surface area (Å²) in [5, 5.41) is 0. The predicted octanol–water partition coefficient (Wildman–Crippen LogP) is 4.29. The van der Waals surface area contributed by atoms with E-state index in [1.807, 2.05) is 0 Å². The number of benzene rings is 1. The number of rotatable bonds is 3. The fourth-order valence-electron chi connectivity index (χ4n) is 1.39. The summed E-state index contributed by atoms with van der Waals surface area (Å²) >= 11 is 12.9. The fourth-order valence-corrected chi connectivity index (χ4v) is 2.85. The van der Waals surface area contributed by atoms with Crippen molar-refractivity contribution in [2.45, 2.75) is 0 Å². The summed E-state index contributed by atoms with van der Waals surface area (Å²) in [7, 11) is 1.58. The van der Waals surface area contributed by atoms with Crippen LogP contribution in [0.4, 0.5) is 0 Å². The lowest BCUT2D eigenvalue weighted by Crippen LogP contribution is -1.99. The van der Waals surface area contributed by atoms with Crippen molar-refractivity contribution >= 4 is 40.3 Å². The first-order valence-electron chi connectivity index (χ1n) is 4.75. The van der Waals surface area contributed by atoms with E-state index >= 15 is 0 Å². The van der Waals surface area contributed by atoms with Crippen molar-refractivity contribution in [1.29, 1.82) is 0 Å². The highest BCUT2D eigenvalue weighted by molar-refractivity contribution is 7.20. The smallest absolute Gasteiger partial charge is 0.195 e. The molecule has 0 fully saturated rings. The van der Waals surface area contributed by atoms with Crippen molar-refractivity contribution in [3.63, 3.8) is 0 Å². The average molecular weight is 287 g/mol. The third kappa shape index (κ3) is 2.63. The maximum atomic E-state index is 12.1. The van der Waals surface area contributed by atoms with Gasteiger partial charge in [-0.3, -0.25) is 4.79 Å². The maximum Gasteiger partial charge on any atom is 0.195 e. The maximum absolute atomic E-state index is 12.1. The van der Waals surface area contributed by atoms with Crippen LogP contribution in [0.2, 0.25) is 8.67 Å². The van der Waals surface area contributed by atoms with Gasteiger partial charge in [-0.15, -0.1) is 11.3 Å². The summed E-state index contributed by atoms with van der Waals surface area (Å²) in [5.41, 5.74) is 0.994. The molecule has 0 bridgehead atoms. The van der Waals surface area contributed by atoms with Gasteiger partial charge in [-0.2, -0.15) is 0 Å². The Balaban J connectivity index is 2.33. The molecule has 1 aromatic heterocycles. The Morgan fingerprint density at radius 1 is 1.24 bits per heavy atom. The Morgan fingerprint density at radius 3 is 2.35 bits per heavy atom. The molecule has 0 spiro atoms. The van der Waals surface area contributed by atoms with Gasteiger partial charge in [0.25, 0.3) is 0 Å². The van der Waals surface area contributed by atoms with Crippen molar-refractivity contribution < 1.29 is 9.53 Å². The molecule has 0 saturated heterocycles. The van der Waals surface area contributed by atoms with Crippen LogP contribution < -0.4 is 4.74 Å². The van der Waals surface area contributed by atoms with E-state index in [2.05, 4.69) is 0 Å². The van der Waals surface area contributed by atoms with Crippen LogP contribution in [0, 0.1) is 0 Å². The SMILES string of the molecule is COc1ccc(C(=O)c2cc(Cl)sc2Cl)cc1. The van der Waals surface area contributed by atoms with Crippen molar-refractivity contribution in [3.05, 3.63) is 50.1 Å². The van der Waals surface area contributed by atoms with Crippen molar-refractivity contribution in [2.75, 3.05) is 7.11 Å². The summed E-state index contributed by atoms with van der Waals surface area (Å²) in [6, 6.07) is 8.44. The van der Waals surface area contributed by atoms with Crippen LogP contribution in [0.15, 0.2) is 30.3 Å². The highest BCUT2D eigenvalue weighted by Crippen LogP contribution is 2.32. The lowest BCUT2D eigenvalue weighted by Gasteiger charge is -2.01. The quantitative estimate of drug-likeness (QED) is 0.787. The van der Waals surface area contributed by atoms with E-state index in [-0.39, 0.29) is 5.78 Å². The molecule has 2 nitrogen and oxygen atoms in total. The molecule has 0 amide bonds. The molecule has 0 saturated carbocycles. The molecule has 5 heteroatoms. The first-order chi connectivity index (χ1) is 8.11. The number of hydrogen-bond acceptors (Lipinski definition) is 3. The Labute approximate surface area is 113 Å². The second-order valence-electron chi connectivity index (χ2n) is 3.30. The van der Waals surface area contributed by atoms with Gasteiger partial charge in [-0.25, -0.2) is 0 Å². The van der Waals surface area contributed by atoms with Crippen LogP contribution in [-0.2, 0) is 0 Å². The van der Waals surface area contributed by atoms with Crippen LogP contribution in [0.5, 0.6) is 5.75 Å². The van der Waals surface area contributed by atoms with Crippen LogP contribution in [0.25, 0.3) is 0 Å². The van der Waals surface area contributed by atoms with Crippen LogP contribution >= 0.6 is 34.5 Å². The number of ether oxygens (including phenoxy) is 1. The van der Waals surface area contributed by atoms with Crippen molar-refractivity contribution in [1.82, 2.24) is 0 Å². The first kappa shape index (κ1) is 12.4.